The van der Waals surface area contributed by atoms with Crippen LogP contribution in [0.3, 0.4) is 0 Å². The average molecular weight is 284 g/mol. The molecule has 0 aliphatic rings. The van der Waals surface area contributed by atoms with Crippen LogP contribution in [0.15, 0.2) is 34.0 Å². The van der Waals surface area contributed by atoms with E-state index in [1.807, 2.05) is 0 Å². The third kappa shape index (κ3) is 3.01. The number of anilines is 1. The summed E-state index contributed by atoms with van der Waals surface area (Å²) in [7, 11) is -2.28. The molecule has 0 fully saturated rings. The Morgan fingerprint density at radius 1 is 1.47 bits per heavy atom. The minimum Gasteiger partial charge on any atom is -0.495 e. The number of aromatic nitrogens is 2. The van der Waals surface area contributed by atoms with Crippen molar-refractivity contribution in [3.63, 3.8) is 0 Å². The summed E-state index contributed by atoms with van der Waals surface area (Å²) in [6.07, 6.45) is 1.12. The Labute approximate surface area is 109 Å². The zero-order chi connectivity index (χ0) is 13.9. The molecule has 2 aromatic rings. The molecule has 1 aromatic carbocycles. The van der Waals surface area contributed by atoms with Gasteiger partial charge < -0.3 is 15.0 Å². The predicted molar refractivity (Wildman–Crippen MR) is 65.7 cm³/mol. The van der Waals surface area contributed by atoms with E-state index < -0.39 is 10.0 Å². The topological polar surface area (TPSA) is 120 Å². The highest BCUT2D eigenvalue weighted by Gasteiger charge is 2.16. The minimum absolute atomic E-state index is 0.0436. The van der Waals surface area contributed by atoms with Crippen LogP contribution in [0.25, 0.3) is 0 Å². The Hall–Kier alpha value is -2.13. The van der Waals surface area contributed by atoms with Crippen LogP contribution in [-0.4, -0.2) is 25.7 Å². The first-order valence-corrected chi connectivity index (χ1v) is 6.69. The Kier molecular flexibility index (Phi) is 3.67. The summed E-state index contributed by atoms with van der Waals surface area (Å²) in [5.41, 5.74) is 5.98. The van der Waals surface area contributed by atoms with E-state index in [0.717, 1.165) is 6.39 Å². The van der Waals surface area contributed by atoms with E-state index >= 15 is 0 Å². The average Bonchev–Trinajstić information content (AvgIpc) is 2.90. The summed E-state index contributed by atoms with van der Waals surface area (Å²) in [4.78, 5) is 3.75. The van der Waals surface area contributed by atoms with E-state index in [0.29, 0.717) is 11.4 Å². The van der Waals surface area contributed by atoms with Crippen molar-refractivity contribution in [3.8, 4) is 5.75 Å². The van der Waals surface area contributed by atoms with E-state index in [1.54, 1.807) is 0 Å². The maximum absolute atomic E-state index is 12.0. The summed E-state index contributed by atoms with van der Waals surface area (Å²) in [6, 6.07) is 4.19. The van der Waals surface area contributed by atoms with Gasteiger partial charge in [0.15, 0.2) is 5.82 Å². The number of nitrogens with two attached hydrogens (primary N) is 1. The van der Waals surface area contributed by atoms with Crippen molar-refractivity contribution in [3.05, 3.63) is 30.4 Å². The lowest BCUT2D eigenvalue weighted by Crippen LogP contribution is -2.23. The van der Waals surface area contributed by atoms with Gasteiger partial charge in [-0.15, -0.1) is 0 Å². The number of nitrogen functional groups attached to an aromatic ring is 1. The fraction of sp³-hybridized carbons (Fsp3) is 0.200. The highest BCUT2D eigenvalue weighted by molar-refractivity contribution is 7.89. The summed E-state index contributed by atoms with van der Waals surface area (Å²) in [5.74, 6) is 0.536. The molecule has 0 aliphatic heterocycles. The Morgan fingerprint density at radius 3 is 2.89 bits per heavy atom. The molecule has 0 atom stereocenters. The van der Waals surface area contributed by atoms with Crippen LogP contribution in [0.4, 0.5) is 5.69 Å². The lowest BCUT2D eigenvalue weighted by atomic mass is 10.3. The molecule has 19 heavy (non-hydrogen) atoms. The minimum atomic E-state index is -3.69. The molecular formula is C10H12N4O4S. The van der Waals surface area contributed by atoms with Gasteiger partial charge in [0.05, 0.1) is 24.2 Å². The van der Waals surface area contributed by atoms with Crippen LogP contribution in [0.1, 0.15) is 5.82 Å². The van der Waals surface area contributed by atoms with Gasteiger partial charge >= 0.3 is 0 Å². The van der Waals surface area contributed by atoms with Gasteiger partial charge in [0, 0.05) is 6.07 Å². The van der Waals surface area contributed by atoms with Crippen LogP contribution in [0.2, 0.25) is 0 Å². The maximum Gasteiger partial charge on any atom is 0.241 e. The fourth-order valence-corrected chi connectivity index (χ4v) is 2.37. The number of methoxy groups -OCH3 is 1. The van der Waals surface area contributed by atoms with Crippen molar-refractivity contribution in [2.24, 2.45) is 0 Å². The van der Waals surface area contributed by atoms with Gasteiger partial charge in [-0.05, 0) is 12.1 Å². The maximum atomic E-state index is 12.0. The van der Waals surface area contributed by atoms with Crippen molar-refractivity contribution in [1.29, 1.82) is 0 Å². The molecule has 0 radical (unpaired) electrons. The predicted octanol–water partition coefficient (Wildman–Crippen LogP) is 0.139. The third-order valence-electron chi connectivity index (χ3n) is 2.34. The normalized spacial score (nSPS) is 11.4. The standard InChI is InChI=1S/C10H12N4O4S/c1-17-9-4-7(2-3-8(9)11)19(15,16)13-5-10-12-6-18-14-10/h2-4,6,13H,5,11H2,1H3. The number of rotatable bonds is 5. The highest BCUT2D eigenvalue weighted by Crippen LogP contribution is 2.24. The van der Waals surface area contributed by atoms with Crippen molar-refractivity contribution < 1.29 is 17.7 Å². The van der Waals surface area contributed by atoms with Gasteiger partial charge in [-0.25, -0.2) is 13.1 Å². The summed E-state index contributed by atoms with van der Waals surface area (Å²) >= 11 is 0. The Balaban J connectivity index is 2.19. The van der Waals surface area contributed by atoms with Gasteiger partial charge in [0.1, 0.15) is 5.75 Å². The van der Waals surface area contributed by atoms with Gasteiger partial charge in [-0.1, -0.05) is 5.16 Å². The fourth-order valence-electron chi connectivity index (χ4n) is 1.37. The number of hydrogen-bond donors (Lipinski definition) is 2. The number of ether oxygens (including phenoxy) is 1. The first kappa shape index (κ1) is 13.3. The first-order chi connectivity index (χ1) is 9.03. The third-order valence-corrected chi connectivity index (χ3v) is 3.74. The van der Waals surface area contributed by atoms with Crippen molar-refractivity contribution >= 4 is 15.7 Å². The van der Waals surface area contributed by atoms with E-state index in [4.69, 9.17) is 10.5 Å². The lowest BCUT2D eigenvalue weighted by Gasteiger charge is -2.08. The van der Waals surface area contributed by atoms with Gasteiger partial charge in [-0.2, -0.15) is 4.98 Å². The zero-order valence-corrected chi connectivity index (χ0v) is 10.8. The number of sulfonamides is 1. The quantitative estimate of drug-likeness (QED) is 0.749. The van der Waals surface area contributed by atoms with E-state index in [-0.39, 0.29) is 17.3 Å². The van der Waals surface area contributed by atoms with Crippen molar-refractivity contribution in [2.45, 2.75) is 11.4 Å². The molecule has 9 heteroatoms. The summed E-state index contributed by atoms with van der Waals surface area (Å²) in [5, 5.41) is 3.50. The molecule has 0 aliphatic carbocycles. The molecule has 0 amide bonds. The molecule has 2 rings (SSSR count). The van der Waals surface area contributed by atoms with Crippen molar-refractivity contribution in [2.75, 3.05) is 12.8 Å². The van der Waals surface area contributed by atoms with Crippen LogP contribution in [-0.2, 0) is 16.6 Å². The molecule has 1 heterocycles. The second kappa shape index (κ2) is 5.24. The summed E-state index contributed by atoms with van der Waals surface area (Å²) < 4.78 is 35.8. The molecular weight excluding hydrogens is 272 g/mol. The Morgan fingerprint density at radius 2 is 2.26 bits per heavy atom. The van der Waals surface area contributed by atoms with Crippen molar-refractivity contribution in [1.82, 2.24) is 14.9 Å². The lowest BCUT2D eigenvalue weighted by molar-refractivity contribution is 0.409. The van der Waals surface area contributed by atoms with E-state index in [1.165, 1.54) is 25.3 Å². The first-order valence-electron chi connectivity index (χ1n) is 5.21. The SMILES string of the molecule is COc1cc(S(=O)(=O)NCc2ncon2)ccc1N. The van der Waals surface area contributed by atoms with Gasteiger partial charge in [0.25, 0.3) is 0 Å². The zero-order valence-electron chi connectivity index (χ0n) is 10.0. The molecule has 0 bridgehead atoms. The van der Waals surface area contributed by atoms with Crippen LogP contribution < -0.4 is 15.2 Å². The highest BCUT2D eigenvalue weighted by atomic mass is 32.2. The van der Waals surface area contributed by atoms with E-state index in [9.17, 15) is 8.42 Å². The second-order valence-electron chi connectivity index (χ2n) is 3.58. The van der Waals surface area contributed by atoms with Gasteiger partial charge in [-0.3, -0.25) is 0 Å². The number of nitrogens with one attached hydrogen (secondary N) is 1. The Bertz CT molecular complexity index is 654. The van der Waals surface area contributed by atoms with Crippen LogP contribution in [0.5, 0.6) is 5.75 Å². The van der Waals surface area contributed by atoms with E-state index in [2.05, 4.69) is 19.4 Å². The molecule has 0 unspecified atom stereocenters. The molecule has 102 valence electrons. The van der Waals surface area contributed by atoms with Crippen LogP contribution in [0, 0.1) is 0 Å². The molecule has 8 nitrogen and oxygen atoms in total. The smallest absolute Gasteiger partial charge is 0.241 e. The monoisotopic (exact) mass is 284 g/mol. The second-order valence-corrected chi connectivity index (χ2v) is 5.34. The molecule has 0 spiro atoms. The molecule has 0 saturated heterocycles. The molecule has 3 N–H and O–H groups in total. The summed E-state index contributed by atoms with van der Waals surface area (Å²) in [6.45, 7) is -0.0640. The van der Waals surface area contributed by atoms with Crippen LogP contribution >= 0.6 is 0 Å². The number of hydrogen-bond acceptors (Lipinski definition) is 7. The van der Waals surface area contributed by atoms with Gasteiger partial charge in [0.2, 0.25) is 16.4 Å². The molecule has 1 aromatic heterocycles. The number of nitrogens with zero attached hydrogens (tertiary/aromatic N) is 2. The molecule has 0 saturated carbocycles. The largest absolute Gasteiger partial charge is 0.495 e. The number of benzene rings is 1.